The summed E-state index contributed by atoms with van der Waals surface area (Å²) in [7, 11) is 2.32. The molecule has 124 valence electrons. The summed E-state index contributed by atoms with van der Waals surface area (Å²) in [5.74, 6) is -1.53. The molecule has 2 aromatic rings. The Hall–Kier alpha value is -3.42. The zero-order valence-corrected chi connectivity index (χ0v) is 13.0. The second-order valence-corrected chi connectivity index (χ2v) is 4.56. The first-order valence-electron chi connectivity index (χ1n) is 6.80. The average Bonchev–Trinajstić information content (AvgIpc) is 2.65. The Labute approximate surface area is 137 Å². The number of hydrogen-bond acceptors (Lipinski definition) is 6. The van der Waals surface area contributed by atoms with Crippen LogP contribution < -0.4 is 0 Å². The van der Waals surface area contributed by atoms with Crippen LogP contribution in [-0.2, 0) is 9.47 Å². The number of ether oxygens (including phenoxy) is 2. The molecule has 0 aliphatic carbocycles. The fraction of sp³-hybridized carbons (Fsp3) is 0.125. The van der Waals surface area contributed by atoms with E-state index in [1.54, 1.807) is 0 Å². The monoisotopic (exact) mass is 330 g/mol. The van der Waals surface area contributed by atoms with E-state index in [-0.39, 0.29) is 32.2 Å². The third-order valence-electron chi connectivity index (χ3n) is 3.20. The summed E-state index contributed by atoms with van der Waals surface area (Å²) >= 11 is 0. The molecule has 2 aromatic carbocycles. The first-order chi connectivity index (χ1) is 11.5. The number of benzene rings is 2. The quantitative estimate of drug-likeness (QED) is 0.369. The summed E-state index contributed by atoms with van der Waals surface area (Å²) in [4.78, 5) is 23.4. The van der Waals surface area contributed by atoms with Crippen LogP contribution in [0.4, 0.5) is 11.4 Å². The summed E-state index contributed by atoms with van der Waals surface area (Å²) in [6, 6.07) is 11.3. The lowest BCUT2D eigenvalue weighted by atomic mass is 10.2. The molecule has 0 saturated heterocycles. The summed E-state index contributed by atoms with van der Waals surface area (Å²) in [5.41, 5.74) is -0.573. The van der Waals surface area contributed by atoms with Crippen molar-refractivity contribution in [3.63, 3.8) is 0 Å². The molecule has 24 heavy (non-hydrogen) atoms. The van der Waals surface area contributed by atoms with Crippen LogP contribution in [0, 0.1) is 10.4 Å². The second-order valence-electron chi connectivity index (χ2n) is 4.56. The zero-order chi connectivity index (χ0) is 17.7. The molecule has 0 fully saturated rings. The molecule has 0 spiro atoms. The zero-order valence-electron chi connectivity index (χ0n) is 13.0. The van der Waals surface area contributed by atoms with Gasteiger partial charge in [0.2, 0.25) is 0 Å². The molecule has 2 rings (SSSR count). The standard InChI is InChI=1S/C16H14N2O6/c1-23-15(19)11-7-3-5-9-13(11)17(21)18(22)14-10-6-4-8-12(14)16(20)24-2/h3-10H,1-2H3/b18-17+. The van der Waals surface area contributed by atoms with E-state index in [1.165, 1.54) is 48.5 Å². The molecule has 0 atom stereocenters. The Balaban J connectivity index is 2.62. The van der Waals surface area contributed by atoms with Gasteiger partial charge in [-0.1, -0.05) is 24.3 Å². The van der Waals surface area contributed by atoms with Gasteiger partial charge in [0, 0.05) is 12.1 Å². The molecule has 0 saturated carbocycles. The van der Waals surface area contributed by atoms with E-state index in [4.69, 9.17) is 0 Å². The third kappa shape index (κ3) is 3.17. The average molecular weight is 330 g/mol. The number of nitrogens with zero attached hydrogens (tertiary/aromatic N) is 2. The number of azo groups is 1. The smallest absolute Gasteiger partial charge is 0.344 e. The van der Waals surface area contributed by atoms with Crippen LogP contribution in [0.5, 0.6) is 0 Å². The summed E-state index contributed by atoms with van der Waals surface area (Å²) in [6.45, 7) is 0. The van der Waals surface area contributed by atoms with E-state index < -0.39 is 11.9 Å². The maximum absolute atomic E-state index is 12.4. The van der Waals surface area contributed by atoms with Crippen LogP contribution in [0.1, 0.15) is 20.7 Å². The van der Waals surface area contributed by atoms with Crippen molar-refractivity contribution in [1.82, 2.24) is 0 Å². The van der Waals surface area contributed by atoms with Gasteiger partial charge in [-0.05, 0) is 12.1 Å². The maximum atomic E-state index is 12.4. The Morgan fingerprint density at radius 2 is 1.08 bits per heavy atom. The molecule has 0 aliphatic rings. The number of carbonyl (C=O) groups is 2. The van der Waals surface area contributed by atoms with E-state index in [9.17, 15) is 20.0 Å². The van der Waals surface area contributed by atoms with E-state index in [2.05, 4.69) is 9.47 Å². The highest BCUT2D eigenvalue weighted by Gasteiger charge is 2.27. The molecular weight excluding hydrogens is 316 g/mol. The van der Waals surface area contributed by atoms with Crippen molar-refractivity contribution in [3.8, 4) is 0 Å². The molecule has 0 unspecified atom stereocenters. The number of hydrogen-bond donors (Lipinski definition) is 0. The van der Waals surface area contributed by atoms with E-state index in [0.717, 1.165) is 14.2 Å². The predicted octanol–water partition coefficient (Wildman–Crippen LogP) is 2.70. The van der Waals surface area contributed by atoms with E-state index in [0.29, 0.717) is 0 Å². The number of methoxy groups -OCH3 is 2. The van der Waals surface area contributed by atoms with Crippen LogP contribution in [0.2, 0.25) is 0 Å². The minimum atomic E-state index is -0.763. The summed E-state index contributed by atoms with van der Waals surface area (Å²) in [5, 5.41) is 24.8. The number of esters is 2. The molecule has 0 aromatic heterocycles. The minimum absolute atomic E-state index is 0.0337. The first-order valence-corrected chi connectivity index (χ1v) is 6.80. The van der Waals surface area contributed by atoms with Gasteiger partial charge in [-0.25, -0.2) is 9.59 Å². The largest absolute Gasteiger partial charge is 0.561 e. The van der Waals surface area contributed by atoms with Gasteiger partial charge in [-0.2, -0.15) is 0 Å². The fourth-order valence-electron chi connectivity index (χ4n) is 2.04. The number of para-hydroxylation sites is 2. The van der Waals surface area contributed by atoms with Crippen LogP contribution in [0.3, 0.4) is 0 Å². The summed E-state index contributed by atoms with van der Waals surface area (Å²) < 4.78 is 9.19. The van der Waals surface area contributed by atoms with Gasteiger partial charge in [0.15, 0.2) is 0 Å². The molecule has 8 heteroatoms. The van der Waals surface area contributed by atoms with Crippen molar-refractivity contribution in [1.29, 1.82) is 0 Å². The molecule has 0 aliphatic heterocycles. The lowest BCUT2D eigenvalue weighted by Gasteiger charge is -2.07. The molecule has 0 bridgehead atoms. The number of carbonyl (C=O) groups excluding carboxylic acids is 2. The van der Waals surface area contributed by atoms with Crippen molar-refractivity contribution in [2.24, 2.45) is 0 Å². The van der Waals surface area contributed by atoms with Crippen molar-refractivity contribution in [3.05, 3.63) is 70.1 Å². The van der Waals surface area contributed by atoms with Gasteiger partial charge in [0.05, 0.1) is 23.9 Å². The highest BCUT2D eigenvalue weighted by molar-refractivity contribution is 5.94. The van der Waals surface area contributed by atoms with Gasteiger partial charge >= 0.3 is 23.3 Å². The third-order valence-corrected chi connectivity index (χ3v) is 3.20. The van der Waals surface area contributed by atoms with Gasteiger partial charge < -0.3 is 19.9 Å². The Morgan fingerprint density at radius 1 is 0.750 bits per heavy atom. The lowest BCUT2D eigenvalue weighted by Crippen LogP contribution is -2.15. The normalized spacial score (nSPS) is 11.4. The van der Waals surface area contributed by atoms with Crippen molar-refractivity contribution in [2.75, 3.05) is 14.2 Å². The molecular formula is C16H14N2O6. The van der Waals surface area contributed by atoms with Crippen molar-refractivity contribution in [2.45, 2.75) is 0 Å². The van der Waals surface area contributed by atoms with Gasteiger partial charge in [0.1, 0.15) is 11.1 Å². The highest BCUT2D eigenvalue weighted by Crippen LogP contribution is 2.24. The number of rotatable bonds is 4. The highest BCUT2D eigenvalue weighted by atomic mass is 16.6. The predicted molar refractivity (Wildman–Crippen MR) is 82.1 cm³/mol. The van der Waals surface area contributed by atoms with Crippen LogP contribution in [0.15, 0.2) is 48.5 Å². The topological polar surface area (TPSA) is 105 Å². The van der Waals surface area contributed by atoms with Gasteiger partial charge in [0.25, 0.3) is 0 Å². The molecule has 0 heterocycles. The van der Waals surface area contributed by atoms with Crippen LogP contribution in [0.25, 0.3) is 0 Å². The Morgan fingerprint density at radius 3 is 1.42 bits per heavy atom. The van der Waals surface area contributed by atoms with Crippen molar-refractivity contribution >= 4 is 23.3 Å². The maximum Gasteiger partial charge on any atom is 0.344 e. The van der Waals surface area contributed by atoms with E-state index in [1.807, 2.05) is 0 Å². The minimum Gasteiger partial charge on any atom is -0.561 e. The van der Waals surface area contributed by atoms with Gasteiger partial charge in [-0.15, -0.1) is 0 Å². The van der Waals surface area contributed by atoms with Gasteiger partial charge in [-0.3, -0.25) is 0 Å². The van der Waals surface area contributed by atoms with Crippen LogP contribution in [-0.4, -0.2) is 35.9 Å². The second kappa shape index (κ2) is 7.23. The molecule has 0 radical (unpaired) electrons. The Bertz CT molecular complexity index is 748. The molecule has 0 N–H and O–H groups in total. The first kappa shape index (κ1) is 16.9. The van der Waals surface area contributed by atoms with Crippen molar-refractivity contribution < 1.29 is 28.8 Å². The summed E-state index contributed by atoms with van der Waals surface area (Å²) in [6.07, 6.45) is 0. The molecule has 8 nitrogen and oxygen atoms in total. The SMILES string of the molecule is COC(=O)c1ccccc1/[N+]([O-])=[N+](\[O-])c1ccccc1C(=O)OC. The van der Waals surface area contributed by atoms with E-state index >= 15 is 0 Å². The lowest BCUT2D eigenvalue weighted by molar-refractivity contribution is -0.896. The molecule has 0 amide bonds. The Kier molecular flexibility index (Phi) is 5.10. The van der Waals surface area contributed by atoms with Crippen LogP contribution >= 0.6 is 0 Å². The fourth-order valence-corrected chi connectivity index (χ4v) is 2.04.